The number of benzene rings is 1. The third kappa shape index (κ3) is 3.87. The number of nitrogens with zero attached hydrogens (tertiary/aromatic N) is 3. The molecular weight excluding hydrogens is 336 g/mol. The first-order valence-electron chi connectivity index (χ1n) is 9.00. The molecule has 0 unspecified atom stereocenters. The summed E-state index contributed by atoms with van der Waals surface area (Å²) in [6, 6.07) is 17.4. The number of hydrogen-bond donors (Lipinski definition) is 1. The predicted octanol–water partition coefficient (Wildman–Crippen LogP) is 3.92. The Labute approximate surface area is 157 Å². The molecule has 0 fully saturated rings. The molecule has 0 spiro atoms. The van der Waals surface area contributed by atoms with Crippen molar-refractivity contribution < 1.29 is 4.79 Å². The van der Waals surface area contributed by atoms with Crippen molar-refractivity contribution in [3.05, 3.63) is 84.9 Å². The van der Waals surface area contributed by atoms with Crippen molar-refractivity contribution in [1.82, 2.24) is 19.9 Å². The molecule has 0 aliphatic rings. The van der Waals surface area contributed by atoms with E-state index in [1.165, 1.54) is 0 Å². The van der Waals surface area contributed by atoms with Gasteiger partial charge in [0.05, 0.1) is 16.8 Å². The molecule has 0 radical (unpaired) electrons. The van der Waals surface area contributed by atoms with Gasteiger partial charge in [-0.15, -0.1) is 0 Å². The molecule has 0 aliphatic carbocycles. The minimum absolute atomic E-state index is 0.0775. The average Bonchev–Trinajstić information content (AvgIpc) is 3.24. The van der Waals surface area contributed by atoms with E-state index >= 15 is 0 Å². The quantitative estimate of drug-likeness (QED) is 0.533. The van der Waals surface area contributed by atoms with E-state index in [2.05, 4.69) is 14.9 Å². The van der Waals surface area contributed by atoms with Gasteiger partial charge in [-0.05, 0) is 42.8 Å². The molecule has 134 valence electrons. The van der Waals surface area contributed by atoms with Crippen LogP contribution in [0.1, 0.15) is 16.8 Å². The Balaban J connectivity index is 1.56. The zero-order valence-corrected chi connectivity index (χ0v) is 14.9. The largest absolute Gasteiger partial charge is 0.354 e. The van der Waals surface area contributed by atoms with Crippen molar-refractivity contribution in [1.29, 1.82) is 0 Å². The molecule has 3 heterocycles. The van der Waals surface area contributed by atoms with Gasteiger partial charge in [-0.1, -0.05) is 18.2 Å². The third-order valence-corrected chi connectivity index (χ3v) is 4.46. The summed E-state index contributed by atoms with van der Waals surface area (Å²) in [6.07, 6.45) is 8.41. The van der Waals surface area contributed by atoms with Gasteiger partial charge < -0.3 is 9.88 Å². The molecule has 4 rings (SSSR count). The van der Waals surface area contributed by atoms with Crippen LogP contribution < -0.4 is 5.32 Å². The van der Waals surface area contributed by atoms with Crippen molar-refractivity contribution in [2.75, 3.05) is 6.54 Å². The molecule has 5 heteroatoms. The van der Waals surface area contributed by atoms with Gasteiger partial charge in [0.25, 0.3) is 5.91 Å². The first-order chi connectivity index (χ1) is 13.3. The fraction of sp³-hybridized carbons (Fsp3) is 0.136. The minimum atomic E-state index is -0.0775. The Morgan fingerprint density at radius 3 is 2.70 bits per heavy atom. The van der Waals surface area contributed by atoms with Crippen molar-refractivity contribution in [2.24, 2.45) is 0 Å². The number of aromatic nitrogens is 3. The first kappa shape index (κ1) is 17.0. The van der Waals surface area contributed by atoms with Crippen LogP contribution in [0.25, 0.3) is 22.2 Å². The number of rotatable bonds is 6. The van der Waals surface area contributed by atoms with Crippen molar-refractivity contribution >= 4 is 16.8 Å². The van der Waals surface area contributed by atoms with Crippen LogP contribution in [0.3, 0.4) is 0 Å². The summed E-state index contributed by atoms with van der Waals surface area (Å²) in [7, 11) is 0. The van der Waals surface area contributed by atoms with E-state index in [0.717, 1.165) is 35.1 Å². The standard InChI is InChI=1S/C22H20N4O/c27-22(24-11-6-14-26-12-3-4-13-26)19-15-21(17-7-5-10-23-16-17)25-20-9-2-1-8-18(19)20/h1-5,7-10,12-13,15-16H,6,11,14H2,(H,24,27). The maximum absolute atomic E-state index is 12.8. The second-order valence-electron chi connectivity index (χ2n) is 6.34. The number of amides is 1. The Bertz CT molecular complexity index is 1040. The molecule has 0 atom stereocenters. The van der Waals surface area contributed by atoms with Crippen LogP contribution in [-0.4, -0.2) is 27.0 Å². The van der Waals surface area contributed by atoms with Crippen LogP contribution >= 0.6 is 0 Å². The van der Waals surface area contributed by atoms with Crippen LogP contribution in [-0.2, 0) is 6.54 Å². The van der Waals surface area contributed by atoms with Gasteiger partial charge in [-0.3, -0.25) is 9.78 Å². The number of fused-ring (bicyclic) bond motifs is 1. The van der Waals surface area contributed by atoms with Gasteiger partial charge >= 0.3 is 0 Å². The highest BCUT2D eigenvalue weighted by atomic mass is 16.1. The molecule has 0 bridgehead atoms. The molecule has 0 aliphatic heterocycles. The van der Waals surface area contributed by atoms with Gasteiger partial charge in [0, 0.05) is 48.8 Å². The van der Waals surface area contributed by atoms with E-state index < -0.39 is 0 Å². The Kier molecular flexibility index (Phi) is 4.92. The van der Waals surface area contributed by atoms with Crippen molar-refractivity contribution in [3.63, 3.8) is 0 Å². The van der Waals surface area contributed by atoms with Gasteiger partial charge in [0.2, 0.25) is 0 Å². The average molecular weight is 356 g/mol. The number of carbonyl (C=O) groups excluding carboxylic acids is 1. The number of hydrogen-bond acceptors (Lipinski definition) is 3. The lowest BCUT2D eigenvalue weighted by Gasteiger charge is -2.11. The topological polar surface area (TPSA) is 59.8 Å². The second kappa shape index (κ2) is 7.83. The van der Waals surface area contributed by atoms with Crippen molar-refractivity contribution in [3.8, 4) is 11.3 Å². The Morgan fingerprint density at radius 2 is 1.89 bits per heavy atom. The number of pyridine rings is 2. The summed E-state index contributed by atoms with van der Waals surface area (Å²) in [5.41, 5.74) is 3.08. The fourth-order valence-corrected chi connectivity index (χ4v) is 3.10. The third-order valence-electron chi connectivity index (χ3n) is 4.46. The summed E-state index contributed by atoms with van der Waals surface area (Å²) in [5, 5.41) is 3.89. The van der Waals surface area contributed by atoms with Crippen LogP contribution in [0, 0.1) is 0 Å². The van der Waals surface area contributed by atoms with Gasteiger partial charge in [0.15, 0.2) is 0 Å². The summed E-state index contributed by atoms with van der Waals surface area (Å²) in [6.45, 7) is 1.50. The molecule has 3 aromatic heterocycles. The molecular formula is C22H20N4O. The number of nitrogens with one attached hydrogen (secondary N) is 1. The lowest BCUT2D eigenvalue weighted by Crippen LogP contribution is -2.25. The maximum atomic E-state index is 12.8. The molecule has 5 nitrogen and oxygen atoms in total. The Hall–Kier alpha value is -3.47. The molecule has 27 heavy (non-hydrogen) atoms. The smallest absolute Gasteiger partial charge is 0.252 e. The molecule has 0 saturated heterocycles. The highest BCUT2D eigenvalue weighted by Crippen LogP contribution is 2.24. The molecule has 1 amide bonds. The second-order valence-corrected chi connectivity index (χ2v) is 6.34. The van der Waals surface area contributed by atoms with E-state index in [0.29, 0.717) is 12.1 Å². The molecule has 1 aromatic carbocycles. The van der Waals surface area contributed by atoms with Crippen LogP contribution in [0.2, 0.25) is 0 Å². The fourth-order valence-electron chi connectivity index (χ4n) is 3.10. The maximum Gasteiger partial charge on any atom is 0.252 e. The zero-order chi connectivity index (χ0) is 18.5. The van der Waals surface area contributed by atoms with Crippen LogP contribution in [0.5, 0.6) is 0 Å². The van der Waals surface area contributed by atoms with Crippen LogP contribution in [0.4, 0.5) is 0 Å². The Morgan fingerprint density at radius 1 is 1.04 bits per heavy atom. The summed E-state index contributed by atoms with van der Waals surface area (Å²) in [5.74, 6) is -0.0775. The highest BCUT2D eigenvalue weighted by molar-refractivity contribution is 6.07. The van der Waals surface area contributed by atoms with E-state index in [-0.39, 0.29) is 5.91 Å². The summed E-state index contributed by atoms with van der Waals surface area (Å²) >= 11 is 0. The van der Waals surface area contributed by atoms with Crippen LogP contribution in [0.15, 0.2) is 79.4 Å². The lowest BCUT2D eigenvalue weighted by atomic mass is 10.0. The van der Waals surface area contributed by atoms with E-state index in [1.807, 2.05) is 67.0 Å². The molecule has 0 saturated carbocycles. The SMILES string of the molecule is O=C(NCCCn1cccc1)c1cc(-c2cccnc2)nc2ccccc12. The highest BCUT2D eigenvalue weighted by Gasteiger charge is 2.13. The van der Waals surface area contributed by atoms with E-state index in [9.17, 15) is 4.79 Å². The summed E-state index contributed by atoms with van der Waals surface area (Å²) in [4.78, 5) is 21.7. The predicted molar refractivity (Wildman–Crippen MR) is 106 cm³/mol. The minimum Gasteiger partial charge on any atom is -0.354 e. The van der Waals surface area contributed by atoms with E-state index in [4.69, 9.17) is 4.98 Å². The van der Waals surface area contributed by atoms with Gasteiger partial charge in [-0.25, -0.2) is 4.98 Å². The lowest BCUT2D eigenvalue weighted by molar-refractivity contribution is 0.0954. The first-order valence-corrected chi connectivity index (χ1v) is 9.00. The normalized spacial score (nSPS) is 10.8. The number of para-hydroxylation sites is 1. The van der Waals surface area contributed by atoms with Crippen molar-refractivity contribution in [2.45, 2.75) is 13.0 Å². The van der Waals surface area contributed by atoms with E-state index in [1.54, 1.807) is 12.4 Å². The molecule has 1 N–H and O–H groups in total. The molecule has 4 aromatic rings. The van der Waals surface area contributed by atoms with Gasteiger partial charge in [0.1, 0.15) is 0 Å². The number of aryl methyl sites for hydroxylation is 1. The zero-order valence-electron chi connectivity index (χ0n) is 14.9. The monoisotopic (exact) mass is 356 g/mol. The number of carbonyl (C=O) groups is 1. The van der Waals surface area contributed by atoms with Gasteiger partial charge in [-0.2, -0.15) is 0 Å². The summed E-state index contributed by atoms with van der Waals surface area (Å²) < 4.78 is 2.11.